The molecule has 3 rings (SSSR count). The van der Waals surface area contributed by atoms with Gasteiger partial charge in [0.15, 0.2) is 0 Å². The van der Waals surface area contributed by atoms with Gasteiger partial charge in [-0.15, -0.1) is 0 Å². The highest BCUT2D eigenvalue weighted by Crippen LogP contribution is 2.25. The summed E-state index contributed by atoms with van der Waals surface area (Å²) < 4.78 is 0. The molecule has 1 aromatic heterocycles. The number of fused-ring (bicyclic) bond motifs is 1. The van der Waals surface area contributed by atoms with Gasteiger partial charge in [0.05, 0.1) is 10.7 Å². The summed E-state index contributed by atoms with van der Waals surface area (Å²) in [6.45, 7) is 3.98. The van der Waals surface area contributed by atoms with E-state index in [0.29, 0.717) is 16.4 Å². The van der Waals surface area contributed by atoms with Crippen molar-refractivity contribution >= 4 is 34.1 Å². The molecule has 1 amide bonds. The number of para-hydroxylation sites is 1. The maximum Gasteiger partial charge on any atom is 0.272 e. The van der Waals surface area contributed by atoms with E-state index in [1.807, 2.05) is 38.1 Å². The smallest absolute Gasteiger partial charge is 0.272 e. The fourth-order valence-corrected chi connectivity index (χ4v) is 2.60. The second-order valence-corrected chi connectivity index (χ2v) is 5.52. The van der Waals surface area contributed by atoms with Gasteiger partial charge in [-0.3, -0.25) is 4.79 Å². The second kappa shape index (κ2) is 5.26. The number of aromatic amines is 1. The van der Waals surface area contributed by atoms with E-state index < -0.39 is 0 Å². The molecule has 0 bridgehead atoms. The monoisotopic (exact) mass is 298 g/mol. The number of benzene rings is 2. The van der Waals surface area contributed by atoms with Crippen LogP contribution < -0.4 is 5.32 Å². The molecular formula is C17H15ClN2O. The lowest BCUT2D eigenvalue weighted by molar-refractivity contribution is 0.102. The van der Waals surface area contributed by atoms with Crippen LogP contribution in [0, 0.1) is 13.8 Å². The number of halogens is 1. The maximum absolute atomic E-state index is 12.4. The molecule has 0 unspecified atom stereocenters. The Morgan fingerprint density at radius 1 is 1.14 bits per heavy atom. The van der Waals surface area contributed by atoms with Crippen LogP contribution in [0.4, 0.5) is 5.69 Å². The van der Waals surface area contributed by atoms with Gasteiger partial charge in [-0.05, 0) is 43.7 Å². The van der Waals surface area contributed by atoms with Crippen LogP contribution in [0.3, 0.4) is 0 Å². The van der Waals surface area contributed by atoms with Gasteiger partial charge >= 0.3 is 0 Å². The van der Waals surface area contributed by atoms with Crippen molar-refractivity contribution < 1.29 is 4.79 Å². The van der Waals surface area contributed by atoms with E-state index in [-0.39, 0.29) is 5.91 Å². The van der Waals surface area contributed by atoms with E-state index in [2.05, 4.69) is 16.4 Å². The molecule has 0 aliphatic rings. The summed E-state index contributed by atoms with van der Waals surface area (Å²) in [7, 11) is 0. The van der Waals surface area contributed by atoms with E-state index in [4.69, 9.17) is 11.6 Å². The van der Waals surface area contributed by atoms with Crippen molar-refractivity contribution in [3.63, 3.8) is 0 Å². The van der Waals surface area contributed by atoms with Gasteiger partial charge in [-0.1, -0.05) is 35.4 Å². The normalized spacial score (nSPS) is 10.8. The third-order valence-corrected chi connectivity index (χ3v) is 3.89. The van der Waals surface area contributed by atoms with Crippen LogP contribution >= 0.6 is 11.6 Å². The van der Waals surface area contributed by atoms with E-state index in [0.717, 1.165) is 16.5 Å². The Balaban J connectivity index is 1.99. The predicted molar refractivity (Wildman–Crippen MR) is 87.2 cm³/mol. The number of aryl methyl sites for hydroxylation is 2. The Bertz CT molecular complexity index is 836. The minimum Gasteiger partial charge on any atom is -0.350 e. The summed E-state index contributed by atoms with van der Waals surface area (Å²) in [5.41, 5.74) is 4.25. The van der Waals surface area contributed by atoms with Crippen molar-refractivity contribution in [2.45, 2.75) is 13.8 Å². The van der Waals surface area contributed by atoms with Gasteiger partial charge in [0, 0.05) is 10.9 Å². The Morgan fingerprint density at radius 2 is 1.90 bits per heavy atom. The van der Waals surface area contributed by atoms with Crippen LogP contribution in [-0.4, -0.2) is 10.9 Å². The summed E-state index contributed by atoms with van der Waals surface area (Å²) in [6.07, 6.45) is 0. The molecule has 0 spiro atoms. The molecule has 0 fully saturated rings. The third-order valence-electron chi connectivity index (χ3n) is 3.56. The average Bonchev–Trinajstić information content (AvgIpc) is 2.79. The van der Waals surface area contributed by atoms with Crippen LogP contribution in [0.1, 0.15) is 21.6 Å². The van der Waals surface area contributed by atoms with E-state index in [1.165, 1.54) is 5.56 Å². The van der Waals surface area contributed by atoms with Gasteiger partial charge in [0.1, 0.15) is 5.69 Å². The van der Waals surface area contributed by atoms with Gasteiger partial charge in [0.2, 0.25) is 0 Å². The summed E-state index contributed by atoms with van der Waals surface area (Å²) in [4.78, 5) is 15.6. The largest absolute Gasteiger partial charge is 0.350 e. The highest BCUT2D eigenvalue weighted by molar-refractivity contribution is 6.33. The molecule has 2 N–H and O–H groups in total. The predicted octanol–water partition coefficient (Wildman–Crippen LogP) is 4.69. The first-order valence-electron chi connectivity index (χ1n) is 6.71. The van der Waals surface area contributed by atoms with Crippen LogP contribution in [-0.2, 0) is 0 Å². The Kier molecular flexibility index (Phi) is 3.43. The van der Waals surface area contributed by atoms with Crippen molar-refractivity contribution in [3.05, 3.63) is 64.3 Å². The highest BCUT2D eigenvalue weighted by Gasteiger charge is 2.15. The van der Waals surface area contributed by atoms with E-state index in [9.17, 15) is 4.79 Å². The van der Waals surface area contributed by atoms with Crippen molar-refractivity contribution in [1.82, 2.24) is 4.98 Å². The topological polar surface area (TPSA) is 44.9 Å². The fourth-order valence-electron chi connectivity index (χ4n) is 2.41. The maximum atomic E-state index is 12.4. The number of rotatable bonds is 2. The number of hydrogen-bond acceptors (Lipinski definition) is 1. The van der Waals surface area contributed by atoms with Crippen molar-refractivity contribution in [2.75, 3.05) is 5.32 Å². The standard InChI is InChI=1S/C17H15ClN2O/c1-10-7-8-14-12(9-10)11(2)16(19-14)17(21)20-15-6-4-3-5-13(15)18/h3-9,19H,1-2H3,(H,20,21). The lowest BCUT2D eigenvalue weighted by atomic mass is 10.1. The molecule has 3 nitrogen and oxygen atoms in total. The lowest BCUT2D eigenvalue weighted by Crippen LogP contribution is -2.13. The minimum atomic E-state index is -0.186. The third kappa shape index (κ3) is 2.52. The van der Waals surface area contributed by atoms with E-state index >= 15 is 0 Å². The van der Waals surface area contributed by atoms with Gasteiger partial charge in [0.25, 0.3) is 5.91 Å². The summed E-state index contributed by atoms with van der Waals surface area (Å²) >= 11 is 6.07. The molecule has 4 heteroatoms. The number of nitrogens with one attached hydrogen (secondary N) is 2. The molecule has 21 heavy (non-hydrogen) atoms. The van der Waals surface area contributed by atoms with Gasteiger partial charge < -0.3 is 10.3 Å². The highest BCUT2D eigenvalue weighted by atomic mass is 35.5. The molecule has 0 radical (unpaired) electrons. The minimum absolute atomic E-state index is 0.186. The average molecular weight is 299 g/mol. The number of amides is 1. The Morgan fingerprint density at radius 3 is 2.67 bits per heavy atom. The molecule has 0 saturated heterocycles. The SMILES string of the molecule is Cc1ccc2[nH]c(C(=O)Nc3ccccc3Cl)c(C)c2c1. The number of carbonyl (C=O) groups excluding carboxylic acids is 1. The van der Waals surface area contributed by atoms with Crippen LogP contribution in [0.2, 0.25) is 5.02 Å². The molecule has 0 atom stereocenters. The zero-order valence-electron chi connectivity index (χ0n) is 11.8. The zero-order chi connectivity index (χ0) is 15.0. The molecule has 3 aromatic rings. The fraction of sp³-hybridized carbons (Fsp3) is 0.118. The molecule has 0 aliphatic carbocycles. The van der Waals surface area contributed by atoms with Crippen molar-refractivity contribution in [3.8, 4) is 0 Å². The van der Waals surface area contributed by atoms with Crippen LogP contribution in [0.15, 0.2) is 42.5 Å². The van der Waals surface area contributed by atoms with Gasteiger partial charge in [-0.2, -0.15) is 0 Å². The molecule has 2 aromatic carbocycles. The van der Waals surface area contributed by atoms with Crippen LogP contribution in [0.5, 0.6) is 0 Å². The number of aromatic nitrogens is 1. The first-order valence-corrected chi connectivity index (χ1v) is 7.09. The Labute approximate surface area is 127 Å². The van der Waals surface area contributed by atoms with E-state index in [1.54, 1.807) is 12.1 Å². The lowest BCUT2D eigenvalue weighted by Gasteiger charge is -2.06. The number of hydrogen-bond donors (Lipinski definition) is 2. The van der Waals surface area contributed by atoms with Gasteiger partial charge in [-0.25, -0.2) is 0 Å². The van der Waals surface area contributed by atoms with Crippen molar-refractivity contribution in [1.29, 1.82) is 0 Å². The quantitative estimate of drug-likeness (QED) is 0.708. The number of carbonyl (C=O) groups is 1. The molecule has 0 aliphatic heterocycles. The van der Waals surface area contributed by atoms with Crippen molar-refractivity contribution in [2.24, 2.45) is 0 Å². The molecule has 0 saturated carbocycles. The second-order valence-electron chi connectivity index (χ2n) is 5.11. The Hall–Kier alpha value is -2.26. The molecule has 106 valence electrons. The first kappa shape index (κ1) is 13.7. The summed E-state index contributed by atoms with van der Waals surface area (Å²) in [6, 6.07) is 13.3. The number of H-pyrrole nitrogens is 1. The number of anilines is 1. The molecular weight excluding hydrogens is 284 g/mol. The first-order chi connectivity index (χ1) is 10.1. The summed E-state index contributed by atoms with van der Waals surface area (Å²) in [5, 5.41) is 4.43. The summed E-state index contributed by atoms with van der Waals surface area (Å²) in [5.74, 6) is -0.186. The molecule has 1 heterocycles. The zero-order valence-corrected chi connectivity index (χ0v) is 12.6. The van der Waals surface area contributed by atoms with Crippen LogP contribution in [0.25, 0.3) is 10.9 Å².